The number of nitrogens with two attached hydrogens (primary N) is 1. The van der Waals surface area contributed by atoms with E-state index >= 15 is 0 Å². The zero-order valence-electron chi connectivity index (χ0n) is 81.5. The van der Waals surface area contributed by atoms with Crippen molar-refractivity contribution in [3.05, 3.63) is 220 Å². The Bertz CT molecular complexity index is 4940. The fourth-order valence-electron chi connectivity index (χ4n) is 16.1. The van der Waals surface area contributed by atoms with Crippen LogP contribution >= 0.6 is 33.2 Å². The molecule has 0 aliphatic carbocycles. The Morgan fingerprint density at radius 1 is 0.739 bits per heavy atom. The number of hydrogen-bond acceptors (Lipinski definition) is 27. The number of halogens is 1. The number of anilines is 1. The van der Waals surface area contributed by atoms with Crippen LogP contribution in [-0.2, 0) is 124 Å². The number of allylic oxidation sites excluding steroid dienone is 7. The third kappa shape index (κ3) is 38.7. The van der Waals surface area contributed by atoms with Gasteiger partial charge in [0.15, 0.2) is 5.72 Å². The van der Waals surface area contributed by atoms with Crippen LogP contribution in [0.3, 0.4) is 0 Å². The molecule has 5 unspecified atom stereocenters. The number of epoxide rings is 1. The number of rotatable bonds is 57. The minimum absolute atomic E-state index is 0.0135. The Hall–Kier alpha value is -10.3. The van der Waals surface area contributed by atoms with Crippen molar-refractivity contribution < 1.29 is 90.9 Å². The van der Waals surface area contributed by atoms with E-state index in [0.717, 1.165) is 89.0 Å². The molecule has 7 amide bonds. The summed E-state index contributed by atoms with van der Waals surface area (Å²) in [5, 5.41) is 29.7. The van der Waals surface area contributed by atoms with Crippen molar-refractivity contribution >= 4 is 92.2 Å². The van der Waals surface area contributed by atoms with E-state index in [9.17, 15) is 48.3 Å². The molecule has 4 aliphatic rings. The van der Waals surface area contributed by atoms with Crippen LogP contribution in [0.15, 0.2) is 170 Å². The SMILES string of the molecule is CCCCCC(=O)Cc1cccc(CN(Cc2cc(CN(Cc3ccccn3)CC(N)/C=C\C=C\NC(=O)CCCCC)cc(OCCCCNC(=O)COCCOCCOCC(=O)NCc3ccc(CNC(=O)CCSSCCC(=O)N(C)[C@H](C)C(=O)OC4CC(=O)N(C)c5cc(cc(OC)c5Cl)C/C(C)=C/C=C\[C@H](OC)[C@]5(O)CC(OC(=O)N5)[C@H](C)C5O[C@]45C)cc3)c2)CC2C=CC=CN2)n1. The van der Waals surface area contributed by atoms with Crippen LogP contribution in [0.25, 0.3) is 0 Å². The minimum atomic E-state index is -1.88. The Labute approximate surface area is 825 Å². The monoisotopic (exact) mass is 1960 g/mol. The molecule has 3 aromatic carbocycles. The second-order valence-corrected chi connectivity index (χ2v) is 38.5. The normalized spacial score (nSPS) is 20.3. The highest BCUT2D eigenvalue weighted by Crippen LogP contribution is 2.50. The number of aliphatic hydroxyl groups is 1. The summed E-state index contributed by atoms with van der Waals surface area (Å²) in [6.45, 7) is 16.4. The van der Waals surface area contributed by atoms with Gasteiger partial charge in [0.05, 0.1) is 75.8 Å². The molecule has 5 aromatic rings. The number of nitrogens with one attached hydrogen (secondary N) is 6. The first-order chi connectivity index (χ1) is 66.5. The van der Waals surface area contributed by atoms with Gasteiger partial charge in [0.1, 0.15) is 65.5 Å². The summed E-state index contributed by atoms with van der Waals surface area (Å²) < 4.78 is 52.9. The number of aromatic nitrogens is 2. The number of alkyl carbamates (subject to hydrolysis) is 1. The lowest BCUT2D eigenvalue weighted by atomic mass is 9.83. The van der Waals surface area contributed by atoms with Crippen LogP contribution in [0.1, 0.15) is 176 Å². The molecule has 32 nitrogen and oxygen atoms in total. The number of dihydropyridines is 1. The summed E-state index contributed by atoms with van der Waals surface area (Å²) in [7, 11) is 8.82. The van der Waals surface area contributed by atoms with Crippen molar-refractivity contribution in [2.45, 2.75) is 237 Å². The maximum Gasteiger partial charge on any atom is 0.409 e. The highest BCUT2D eigenvalue weighted by Gasteiger charge is 2.65. The lowest BCUT2D eigenvalue weighted by Crippen LogP contribution is -2.63. The lowest BCUT2D eigenvalue weighted by Gasteiger charge is -2.42. The average Bonchev–Trinajstić information content (AvgIpc) is 1.57. The highest BCUT2D eigenvalue weighted by atomic mass is 35.5. The van der Waals surface area contributed by atoms with Gasteiger partial charge in [-0.2, -0.15) is 0 Å². The van der Waals surface area contributed by atoms with E-state index in [1.54, 1.807) is 63.7 Å². The molecule has 2 fully saturated rings. The number of ketones is 1. The van der Waals surface area contributed by atoms with E-state index in [2.05, 4.69) is 84.8 Å². The lowest BCUT2D eigenvalue weighted by molar-refractivity contribution is -0.162. The summed E-state index contributed by atoms with van der Waals surface area (Å²) in [5.41, 5.74) is 12.0. The van der Waals surface area contributed by atoms with Crippen molar-refractivity contribution in [2.24, 2.45) is 11.7 Å². The quantitative estimate of drug-likeness (QED) is 0.00589. The van der Waals surface area contributed by atoms with E-state index in [1.165, 1.54) is 59.6 Å². The maximum atomic E-state index is 14.5. The number of hydrogen-bond donors (Lipinski definition) is 8. The molecule has 0 saturated carbocycles. The summed E-state index contributed by atoms with van der Waals surface area (Å²) >= 11 is 6.87. The van der Waals surface area contributed by atoms with Gasteiger partial charge < -0.3 is 89.9 Å². The van der Waals surface area contributed by atoms with Gasteiger partial charge in [0.2, 0.25) is 35.4 Å². The molecule has 6 heterocycles. The Kier molecular flexibility index (Phi) is 47.8. The van der Waals surface area contributed by atoms with E-state index in [4.69, 9.17) is 65.0 Å². The molecule has 2 aromatic heterocycles. The number of carbonyl (C=O) groups is 9. The van der Waals surface area contributed by atoms with Crippen LogP contribution in [-0.4, -0.2) is 243 Å². The fraction of sp³-hybridized carbons (Fsp3) is 0.524. The molecule has 138 heavy (non-hydrogen) atoms. The number of amides is 7. The number of Topliss-reactive ketones (excluding diaryl/α,β-unsaturated/α-hetero) is 1. The zero-order chi connectivity index (χ0) is 99.2. The van der Waals surface area contributed by atoms with Crippen LogP contribution in [0.4, 0.5) is 10.5 Å². The van der Waals surface area contributed by atoms with Crippen molar-refractivity contribution in [3.63, 3.8) is 0 Å². The van der Waals surface area contributed by atoms with Crippen molar-refractivity contribution in [1.29, 1.82) is 0 Å². The second-order valence-electron chi connectivity index (χ2n) is 35.4. The molecule has 9 rings (SSSR count). The minimum Gasteiger partial charge on any atom is -0.495 e. The largest absolute Gasteiger partial charge is 0.495 e. The van der Waals surface area contributed by atoms with E-state index in [0.29, 0.717) is 126 Å². The molecular formula is C103H142ClN13O19S2. The number of ether oxygens (including phenoxy) is 9. The van der Waals surface area contributed by atoms with Gasteiger partial charge in [-0.3, -0.25) is 58.6 Å². The van der Waals surface area contributed by atoms with Crippen molar-refractivity contribution in [1.82, 2.24) is 56.6 Å². The number of esters is 1. The zero-order valence-corrected chi connectivity index (χ0v) is 83.9. The van der Waals surface area contributed by atoms with Gasteiger partial charge in [-0.15, -0.1) is 0 Å². The summed E-state index contributed by atoms with van der Waals surface area (Å²) in [4.78, 5) is 136. The van der Waals surface area contributed by atoms with Gasteiger partial charge in [-0.25, -0.2) is 9.59 Å². The third-order valence-electron chi connectivity index (χ3n) is 24.0. The molecule has 9 N–H and O–H groups in total. The second kappa shape index (κ2) is 59.3. The van der Waals surface area contributed by atoms with Gasteiger partial charge in [0, 0.05) is 160 Å². The molecule has 4 aliphatic heterocycles. The molecule has 2 saturated heterocycles. The van der Waals surface area contributed by atoms with Crippen molar-refractivity contribution in [3.8, 4) is 11.5 Å². The fourth-order valence-corrected chi connectivity index (χ4v) is 18.4. The molecule has 10 atom stereocenters. The summed E-state index contributed by atoms with van der Waals surface area (Å²) in [6.07, 6.45) is 26.4. The van der Waals surface area contributed by atoms with Crippen LogP contribution < -0.4 is 52.0 Å². The van der Waals surface area contributed by atoms with Crippen LogP contribution in [0, 0.1) is 5.92 Å². The predicted octanol–water partition coefficient (Wildman–Crippen LogP) is 12.3. The summed E-state index contributed by atoms with van der Waals surface area (Å²) in [6, 6.07) is 27.8. The highest BCUT2D eigenvalue weighted by molar-refractivity contribution is 8.76. The van der Waals surface area contributed by atoms with Crippen LogP contribution in [0.2, 0.25) is 5.02 Å². The first-order valence-electron chi connectivity index (χ1n) is 47.8. The number of fused-ring (bicyclic) bond motifs is 5. The topological polar surface area (TPSA) is 397 Å². The molecule has 4 bridgehead atoms. The predicted molar refractivity (Wildman–Crippen MR) is 535 cm³/mol. The molecular weight excluding hydrogens is 1820 g/mol. The van der Waals surface area contributed by atoms with Gasteiger partial charge in [-0.1, -0.05) is 170 Å². The van der Waals surface area contributed by atoms with Crippen LogP contribution in [0.5, 0.6) is 11.5 Å². The number of methoxy groups -OCH3 is 2. The average molecular weight is 1970 g/mol. The molecule has 752 valence electrons. The number of pyridine rings is 2. The van der Waals surface area contributed by atoms with E-state index < -0.39 is 65.7 Å². The number of likely N-dealkylation sites (N-methyl/N-ethyl adjacent to an activating group) is 1. The first-order valence-corrected chi connectivity index (χ1v) is 50.7. The Morgan fingerprint density at radius 3 is 2.10 bits per heavy atom. The number of unbranched alkanes of at least 4 members (excludes halogenated alkanes) is 5. The van der Waals surface area contributed by atoms with Gasteiger partial charge >= 0.3 is 12.1 Å². The smallest absolute Gasteiger partial charge is 0.409 e. The number of carbonyl (C=O) groups excluding carboxylic acids is 9. The molecule has 35 heteroatoms. The Balaban J connectivity index is 0.641. The maximum absolute atomic E-state index is 14.5. The van der Waals surface area contributed by atoms with E-state index in [1.807, 2.05) is 104 Å². The number of benzene rings is 3. The summed E-state index contributed by atoms with van der Waals surface area (Å²) in [5.74, 6) is -0.823. The standard InChI is InChI=1S/C103H142ClN13O19S2/c1-11-13-15-33-85(118)59-81-31-26-32-84(112-81)69-117(68-83-30-19-22-43-107-83)65-79-54-78(64-116(67-82-29-18-21-42-106-82)66-80(105)28-17-20-44-108-92(119)35-16-14-12-2)55-86(56-79)133-46-24-23-45-109-94(121)70-131-49-47-130-48-50-132-71-95(122)111-63-76-38-36-75(37-39-76)62-110-93(120)40-51-137-138-52-41-96(123)114(7)74(5)100(125)135-91-60-97(124)115(8)87-57-77(58-88(128-9)98(87)104)53-72(3)27-25-34-90(129-10)103(127)61-89(134-101(126)113-103)73(4)99-102(91,6)136-99/h17-22,25-32,34,36-39,42-44,54-58,73-74,80,83,89-91,99,107,127H,11-16,23-24,33,35,40-41,45-53,59-71,105H2,1-10H3,(H,108,119)(H,109,121)(H,110,120)(H,111,122)(H,113,126)/b28-17-,34-25-,44-20+,72-27+/t73-,74+,80?,83?,89?,90-,91?,99?,102+,103+/m0/s1. The molecule has 0 spiro atoms. The molecule has 0 radical (unpaired) electrons. The van der Waals surface area contributed by atoms with Gasteiger partial charge in [-0.05, 0) is 148 Å². The third-order valence-corrected chi connectivity index (χ3v) is 26.8. The van der Waals surface area contributed by atoms with Crippen molar-refractivity contribution in [2.75, 3.05) is 111 Å². The first kappa shape index (κ1) is 111. The van der Waals surface area contributed by atoms with Gasteiger partial charge in [0.25, 0.3) is 0 Å². The van der Waals surface area contributed by atoms with E-state index in [-0.39, 0.29) is 124 Å². The Morgan fingerprint density at radius 2 is 1.41 bits per heavy atom. The number of nitrogens with zero attached hydrogens (tertiary/aromatic N) is 6.